The molecular formula is C19H20N2O2. The van der Waals surface area contributed by atoms with Gasteiger partial charge in [-0.1, -0.05) is 42.5 Å². The Morgan fingerprint density at radius 3 is 2.48 bits per heavy atom. The maximum absolute atomic E-state index is 12.5. The standard InChI is InChI=1S/C19H20N2O2/c1-14(22)20-13-16-8-6-15(7-9-16)12-19(23)21-11-10-17-4-2-3-5-18(17)21/h2-9H,10-13H2,1H3,(H,20,22). The molecule has 0 spiro atoms. The number of hydrogen-bond acceptors (Lipinski definition) is 2. The van der Waals surface area contributed by atoms with Gasteiger partial charge in [-0.25, -0.2) is 0 Å². The zero-order chi connectivity index (χ0) is 16.2. The number of hydrogen-bond donors (Lipinski definition) is 1. The maximum Gasteiger partial charge on any atom is 0.231 e. The van der Waals surface area contributed by atoms with E-state index in [2.05, 4.69) is 11.4 Å². The van der Waals surface area contributed by atoms with Crippen LogP contribution in [0, 0.1) is 0 Å². The minimum absolute atomic E-state index is 0.0445. The van der Waals surface area contributed by atoms with Gasteiger partial charge < -0.3 is 10.2 Å². The minimum Gasteiger partial charge on any atom is -0.352 e. The molecule has 2 amide bonds. The second kappa shape index (κ2) is 6.65. The van der Waals surface area contributed by atoms with E-state index in [0.717, 1.165) is 29.8 Å². The SMILES string of the molecule is CC(=O)NCc1ccc(CC(=O)N2CCc3ccccc32)cc1. The van der Waals surface area contributed by atoms with E-state index in [9.17, 15) is 9.59 Å². The number of carbonyl (C=O) groups is 2. The zero-order valence-corrected chi connectivity index (χ0v) is 13.2. The van der Waals surface area contributed by atoms with Crippen molar-refractivity contribution in [3.8, 4) is 0 Å². The zero-order valence-electron chi connectivity index (χ0n) is 13.2. The van der Waals surface area contributed by atoms with E-state index in [4.69, 9.17) is 0 Å². The summed E-state index contributed by atoms with van der Waals surface area (Å²) in [7, 11) is 0. The van der Waals surface area contributed by atoms with Crippen molar-refractivity contribution in [2.75, 3.05) is 11.4 Å². The lowest BCUT2D eigenvalue weighted by atomic mass is 10.1. The molecule has 0 atom stereocenters. The Balaban J connectivity index is 1.63. The topological polar surface area (TPSA) is 49.4 Å². The Labute approximate surface area is 136 Å². The van der Waals surface area contributed by atoms with E-state index in [1.54, 1.807) is 0 Å². The van der Waals surface area contributed by atoms with Crippen LogP contribution < -0.4 is 10.2 Å². The predicted molar refractivity (Wildman–Crippen MR) is 90.2 cm³/mol. The van der Waals surface area contributed by atoms with Crippen molar-refractivity contribution in [3.63, 3.8) is 0 Å². The van der Waals surface area contributed by atoms with Crippen LogP contribution in [-0.2, 0) is 29.0 Å². The van der Waals surface area contributed by atoms with Crippen LogP contribution >= 0.6 is 0 Å². The molecule has 2 aromatic rings. The average Bonchev–Trinajstić information content (AvgIpc) is 2.98. The first-order chi connectivity index (χ1) is 11.1. The molecule has 0 radical (unpaired) electrons. The van der Waals surface area contributed by atoms with Crippen molar-refractivity contribution in [2.24, 2.45) is 0 Å². The highest BCUT2D eigenvalue weighted by Crippen LogP contribution is 2.27. The van der Waals surface area contributed by atoms with E-state index in [1.807, 2.05) is 47.4 Å². The van der Waals surface area contributed by atoms with E-state index < -0.39 is 0 Å². The summed E-state index contributed by atoms with van der Waals surface area (Å²) in [5.74, 6) is 0.0847. The number of anilines is 1. The first kappa shape index (κ1) is 15.3. The van der Waals surface area contributed by atoms with Crippen LogP contribution in [-0.4, -0.2) is 18.4 Å². The summed E-state index contributed by atoms with van der Waals surface area (Å²) in [5.41, 5.74) is 4.31. The van der Waals surface area contributed by atoms with E-state index in [-0.39, 0.29) is 11.8 Å². The lowest BCUT2D eigenvalue weighted by molar-refractivity contribution is -0.119. The van der Waals surface area contributed by atoms with Gasteiger partial charge in [0.1, 0.15) is 0 Å². The monoisotopic (exact) mass is 308 g/mol. The molecule has 0 saturated heterocycles. The third-order valence-electron chi connectivity index (χ3n) is 4.11. The molecule has 0 aromatic heterocycles. The van der Waals surface area contributed by atoms with Crippen LogP contribution in [0.3, 0.4) is 0 Å². The Morgan fingerprint density at radius 2 is 1.74 bits per heavy atom. The smallest absolute Gasteiger partial charge is 0.231 e. The number of rotatable bonds is 4. The quantitative estimate of drug-likeness (QED) is 0.943. The highest BCUT2D eigenvalue weighted by Gasteiger charge is 2.23. The third kappa shape index (κ3) is 3.59. The first-order valence-corrected chi connectivity index (χ1v) is 7.84. The van der Waals surface area contributed by atoms with Crippen molar-refractivity contribution in [1.29, 1.82) is 0 Å². The van der Waals surface area contributed by atoms with Gasteiger partial charge in [0, 0.05) is 25.7 Å². The third-order valence-corrected chi connectivity index (χ3v) is 4.11. The number of carbonyl (C=O) groups excluding carboxylic acids is 2. The maximum atomic E-state index is 12.5. The molecule has 1 heterocycles. The fourth-order valence-electron chi connectivity index (χ4n) is 2.87. The Morgan fingerprint density at radius 1 is 1.04 bits per heavy atom. The van der Waals surface area contributed by atoms with Crippen molar-refractivity contribution >= 4 is 17.5 Å². The van der Waals surface area contributed by atoms with Gasteiger partial charge >= 0.3 is 0 Å². The molecule has 1 aliphatic rings. The lowest BCUT2D eigenvalue weighted by Gasteiger charge is -2.17. The van der Waals surface area contributed by atoms with Gasteiger partial charge in [0.25, 0.3) is 0 Å². The lowest BCUT2D eigenvalue weighted by Crippen LogP contribution is -2.30. The molecule has 0 unspecified atom stereocenters. The number of benzene rings is 2. The van der Waals surface area contributed by atoms with Gasteiger partial charge in [0.2, 0.25) is 11.8 Å². The number of fused-ring (bicyclic) bond motifs is 1. The van der Waals surface area contributed by atoms with Gasteiger partial charge in [-0.15, -0.1) is 0 Å². The van der Waals surface area contributed by atoms with Crippen LogP contribution in [0.5, 0.6) is 0 Å². The number of nitrogens with one attached hydrogen (secondary N) is 1. The second-order valence-corrected chi connectivity index (χ2v) is 5.83. The Bertz CT molecular complexity index is 722. The Hall–Kier alpha value is -2.62. The summed E-state index contributed by atoms with van der Waals surface area (Å²) in [4.78, 5) is 25.3. The first-order valence-electron chi connectivity index (χ1n) is 7.84. The van der Waals surface area contributed by atoms with Crippen molar-refractivity contribution in [2.45, 2.75) is 26.3 Å². The van der Waals surface area contributed by atoms with Gasteiger partial charge in [-0.3, -0.25) is 9.59 Å². The summed E-state index contributed by atoms with van der Waals surface area (Å²) in [6.45, 7) is 2.78. The van der Waals surface area contributed by atoms with Crippen LogP contribution in [0.15, 0.2) is 48.5 Å². The van der Waals surface area contributed by atoms with Gasteiger partial charge in [-0.2, -0.15) is 0 Å². The summed E-state index contributed by atoms with van der Waals surface area (Å²) >= 11 is 0. The predicted octanol–water partition coefficient (Wildman–Crippen LogP) is 2.45. The molecule has 4 nitrogen and oxygen atoms in total. The minimum atomic E-state index is -0.0445. The van der Waals surface area contributed by atoms with Crippen molar-refractivity contribution in [1.82, 2.24) is 5.32 Å². The largest absolute Gasteiger partial charge is 0.352 e. The molecule has 23 heavy (non-hydrogen) atoms. The molecular weight excluding hydrogens is 288 g/mol. The van der Waals surface area contributed by atoms with Gasteiger partial charge in [-0.05, 0) is 29.2 Å². The highest BCUT2D eigenvalue weighted by molar-refractivity contribution is 5.96. The number of para-hydroxylation sites is 1. The molecule has 0 aliphatic carbocycles. The molecule has 3 rings (SSSR count). The summed E-state index contributed by atoms with van der Waals surface area (Å²) in [6.07, 6.45) is 1.33. The normalized spacial score (nSPS) is 12.8. The number of amides is 2. The second-order valence-electron chi connectivity index (χ2n) is 5.83. The van der Waals surface area contributed by atoms with Crippen molar-refractivity contribution < 1.29 is 9.59 Å². The molecule has 2 aromatic carbocycles. The molecule has 1 aliphatic heterocycles. The Kier molecular flexibility index (Phi) is 4.42. The van der Waals surface area contributed by atoms with E-state index in [1.165, 1.54) is 12.5 Å². The summed E-state index contributed by atoms with van der Waals surface area (Å²) in [6, 6.07) is 15.9. The molecule has 4 heteroatoms. The summed E-state index contributed by atoms with van der Waals surface area (Å²) in [5, 5.41) is 2.76. The molecule has 0 bridgehead atoms. The van der Waals surface area contributed by atoms with Crippen LogP contribution in [0.25, 0.3) is 0 Å². The molecule has 1 N–H and O–H groups in total. The average molecular weight is 308 g/mol. The fraction of sp³-hybridized carbons (Fsp3) is 0.263. The number of nitrogens with zero attached hydrogens (tertiary/aromatic N) is 1. The van der Waals surface area contributed by atoms with E-state index >= 15 is 0 Å². The fourth-order valence-corrected chi connectivity index (χ4v) is 2.87. The highest BCUT2D eigenvalue weighted by atomic mass is 16.2. The van der Waals surface area contributed by atoms with Crippen LogP contribution in [0.1, 0.15) is 23.6 Å². The van der Waals surface area contributed by atoms with Crippen LogP contribution in [0.2, 0.25) is 0 Å². The molecule has 118 valence electrons. The summed E-state index contributed by atoms with van der Waals surface area (Å²) < 4.78 is 0. The molecule has 0 saturated carbocycles. The van der Waals surface area contributed by atoms with Gasteiger partial charge in [0.15, 0.2) is 0 Å². The van der Waals surface area contributed by atoms with Gasteiger partial charge in [0.05, 0.1) is 6.42 Å². The van der Waals surface area contributed by atoms with E-state index in [0.29, 0.717) is 13.0 Å². The van der Waals surface area contributed by atoms with Crippen molar-refractivity contribution in [3.05, 3.63) is 65.2 Å². The molecule has 0 fully saturated rings. The van der Waals surface area contributed by atoms with Crippen LogP contribution in [0.4, 0.5) is 5.69 Å².